The Morgan fingerprint density at radius 2 is 1.79 bits per heavy atom. The van der Waals surface area contributed by atoms with Gasteiger partial charge in [0.15, 0.2) is 0 Å². The molecule has 0 aliphatic carbocycles. The Balaban J connectivity index is 2.29. The van der Waals surface area contributed by atoms with Gasteiger partial charge in [-0.05, 0) is 45.0 Å². The lowest BCUT2D eigenvalue weighted by atomic mass is 10.1. The first-order valence-corrected chi connectivity index (χ1v) is 6.39. The van der Waals surface area contributed by atoms with Crippen LogP contribution >= 0.6 is 0 Å². The van der Waals surface area contributed by atoms with Crippen molar-refractivity contribution >= 4 is 5.82 Å². The van der Waals surface area contributed by atoms with Gasteiger partial charge in [0.05, 0.1) is 11.8 Å². The average Bonchev–Trinajstić information content (AvgIpc) is 2.38. The summed E-state index contributed by atoms with van der Waals surface area (Å²) < 4.78 is 5.63. The van der Waals surface area contributed by atoms with Crippen LogP contribution in [0.15, 0.2) is 30.3 Å². The molecule has 0 saturated carbocycles. The maximum absolute atomic E-state index is 5.63. The molecule has 1 aromatic carbocycles. The quantitative estimate of drug-likeness (QED) is 0.913. The molecule has 1 aromatic heterocycles. The molecule has 0 radical (unpaired) electrons. The van der Waals surface area contributed by atoms with E-state index in [0.717, 1.165) is 28.6 Å². The highest BCUT2D eigenvalue weighted by atomic mass is 16.5. The zero-order valence-electron chi connectivity index (χ0n) is 11.8. The number of benzene rings is 1. The number of hydrogen-bond donors (Lipinski definition) is 1. The Hall–Kier alpha value is -2.10. The predicted octanol–water partition coefficient (Wildman–Crippen LogP) is 3.28. The summed E-state index contributed by atoms with van der Waals surface area (Å²) in [5.74, 6) is 2.45. The fraction of sp³-hybridized carbons (Fsp3) is 0.333. The van der Waals surface area contributed by atoms with Crippen molar-refractivity contribution < 1.29 is 4.74 Å². The lowest BCUT2D eigenvalue weighted by Crippen LogP contribution is -2.05. The van der Waals surface area contributed by atoms with Gasteiger partial charge in [-0.15, -0.1) is 0 Å². The second-order valence-corrected chi connectivity index (χ2v) is 4.63. The summed E-state index contributed by atoms with van der Waals surface area (Å²) in [6.45, 7) is 5.92. The summed E-state index contributed by atoms with van der Waals surface area (Å²) in [4.78, 5) is 8.74. The van der Waals surface area contributed by atoms with Crippen molar-refractivity contribution in [1.29, 1.82) is 0 Å². The van der Waals surface area contributed by atoms with Crippen LogP contribution in [0.1, 0.15) is 19.7 Å². The standard InChI is InChI=1S/C15H19N3O/c1-10(2)19-13-7-5-12(6-8-13)14-9-15(16-4)18-11(3)17-14/h5-10H,1-4H3,(H,16,17,18). The van der Waals surface area contributed by atoms with Gasteiger partial charge in [-0.25, -0.2) is 9.97 Å². The van der Waals surface area contributed by atoms with E-state index in [9.17, 15) is 0 Å². The molecule has 2 rings (SSSR count). The Morgan fingerprint density at radius 1 is 1.11 bits per heavy atom. The van der Waals surface area contributed by atoms with E-state index in [1.54, 1.807) is 0 Å². The van der Waals surface area contributed by atoms with Crippen LogP contribution in [0.3, 0.4) is 0 Å². The first-order valence-electron chi connectivity index (χ1n) is 6.39. The highest BCUT2D eigenvalue weighted by Crippen LogP contribution is 2.23. The fourth-order valence-corrected chi connectivity index (χ4v) is 1.82. The largest absolute Gasteiger partial charge is 0.491 e. The Morgan fingerprint density at radius 3 is 2.37 bits per heavy atom. The summed E-state index contributed by atoms with van der Waals surface area (Å²) in [6, 6.07) is 9.89. The predicted molar refractivity (Wildman–Crippen MR) is 77.5 cm³/mol. The number of hydrogen-bond acceptors (Lipinski definition) is 4. The van der Waals surface area contributed by atoms with E-state index >= 15 is 0 Å². The lowest BCUT2D eigenvalue weighted by molar-refractivity contribution is 0.242. The Kier molecular flexibility index (Phi) is 4.00. The molecule has 0 bridgehead atoms. The van der Waals surface area contributed by atoms with Crippen molar-refractivity contribution in [3.63, 3.8) is 0 Å². The number of ether oxygens (including phenoxy) is 1. The smallest absolute Gasteiger partial charge is 0.130 e. The van der Waals surface area contributed by atoms with Crippen LogP contribution in [0, 0.1) is 6.92 Å². The lowest BCUT2D eigenvalue weighted by Gasteiger charge is -2.10. The highest BCUT2D eigenvalue weighted by Gasteiger charge is 2.04. The molecule has 0 amide bonds. The molecular formula is C15H19N3O. The average molecular weight is 257 g/mol. The first-order chi connectivity index (χ1) is 9.08. The van der Waals surface area contributed by atoms with Crippen LogP contribution in [-0.2, 0) is 0 Å². The maximum Gasteiger partial charge on any atom is 0.130 e. The monoisotopic (exact) mass is 257 g/mol. The molecule has 0 unspecified atom stereocenters. The minimum absolute atomic E-state index is 0.183. The van der Waals surface area contributed by atoms with Crippen LogP contribution in [0.2, 0.25) is 0 Å². The number of nitrogens with one attached hydrogen (secondary N) is 1. The molecule has 0 aliphatic heterocycles. The zero-order valence-corrected chi connectivity index (χ0v) is 11.8. The van der Waals surface area contributed by atoms with Gasteiger partial charge in [-0.3, -0.25) is 0 Å². The molecule has 0 fully saturated rings. The van der Waals surface area contributed by atoms with Gasteiger partial charge in [-0.2, -0.15) is 0 Å². The number of aryl methyl sites for hydroxylation is 1. The molecule has 4 heteroatoms. The third-order valence-electron chi connectivity index (χ3n) is 2.62. The maximum atomic E-state index is 5.63. The molecule has 0 aliphatic rings. The number of nitrogens with zero attached hydrogens (tertiary/aromatic N) is 2. The highest BCUT2D eigenvalue weighted by molar-refractivity contribution is 5.63. The molecule has 0 spiro atoms. The molecule has 19 heavy (non-hydrogen) atoms. The summed E-state index contributed by atoms with van der Waals surface area (Å²) in [7, 11) is 1.85. The molecule has 1 N–H and O–H groups in total. The van der Waals surface area contributed by atoms with Crippen molar-refractivity contribution in [2.75, 3.05) is 12.4 Å². The van der Waals surface area contributed by atoms with E-state index in [-0.39, 0.29) is 6.10 Å². The minimum atomic E-state index is 0.183. The van der Waals surface area contributed by atoms with Crippen LogP contribution in [0.25, 0.3) is 11.3 Å². The number of aromatic nitrogens is 2. The molecular weight excluding hydrogens is 238 g/mol. The van der Waals surface area contributed by atoms with Crippen molar-refractivity contribution in [2.45, 2.75) is 26.9 Å². The van der Waals surface area contributed by atoms with Crippen LogP contribution < -0.4 is 10.1 Å². The van der Waals surface area contributed by atoms with E-state index in [1.807, 2.05) is 58.2 Å². The number of rotatable bonds is 4. The third-order valence-corrected chi connectivity index (χ3v) is 2.62. The van der Waals surface area contributed by atoms with E-state index in [2.05, 4.69) is 15.3 Å². The van der Waals surface area contributed by atoms with E-state index in [0.29, 0.717) is 0 Å². The van der Waals surface area contributed by atoms with Gasteiger partial charge in [-0.1, -0.05) is 0 Å². The fourth-order valence-electron chi connectivity index (χ4n) is 1.82. The summed E-state index contributed by atoms with van der Waals surface area (Å²) in [5.41, 5.74) is 1.96. The summed E-state index contributed by atoms with van der Waals surface area (Å²) >= 11 is 0. The topological polar surface area (TPSA) is 47.0 Å². The molecule has 0 saturated heterocycles. The van der Waals surface area contributed by atoms with Crippen LogP contribution in [0.4, 0.5) is 5.82 Å². The third kappa shape index (κ3) is 3.44. The van der Waals surface area contributed by atoms with Gasteiger partial charge >= 0.3 is 0 Å². The Labute approximate surface area is 113 Å². The van der Waals surface area contributed by atoms with Gasteiger partial charge in [0.2, 0.25) is 0 Å². The van der Waals surface area contributed by atoms with Crippen molar-refractivity contribution in [2.24, 2.45) is 0 Å². The second kappa shape index (κ2) is 5.69. The summed E-state index contributed by atoms with van der Waals surface area (Å²) in [6.07, 6.45) is 0.183. The Bertz CT molecular complexity index is 550. The summed E-state index contributed by atoms with van der Waals surface area (Å²) in [5, 5.41) is 3.04. The first kappa shape index (κ1) is 13.3. The van der Waals surface area contributed by atoms with Crippen LogP contribution in [0.5, 0.6) is 5.75 Å². The molecule has 0 atom stereocenters. The van der Waals surface area contributed by atoms with E-state index in [1.165, 1.54) is 0 Å². The van der Waals surface area contributed by atoms with E-state index in [4.69, 9.17) is 4.74 Å². The second-order valence-electron chi connectivity index (χ2n) is 4.63. The van der Waals surface area contributed by atoms with Gasteiger partial charge in [0, 0.05) is 18.7 Å². The normalized spacial score (nSPS) is 10.6. The van der Waals surface area contributed by atoms with Crippen molar-refractivity contribution in [3.05, 3.63) is 36.2 Å². The molecule has 4 nitrogen and oxygen atoms in total. The van der Waals surface area contributed by atoms with Crippen LogP contribution in [-0.4, -0.2) is 23.1 Å². The van der Waals surface area contributed by atoms with Gasteiger partial charge in [0.1, 0.15) is 17.4 Å². The van der Waals surface area contributed by atoms with Gasteiger partial charge in [0.25, 0.3) is 0 Å². The molecule has 2 aromatic rings. The van der Waals surface area contributed by atoms with Crippen molar-refractivity contribution in [1.82, 2.24) is 9.97 Å². The minimum Gasteiger partial charge on any atom is -0.491 e. The SMILES string of the molecule is CNc1cc(-c2ccc(OC(C)C)cc2)nc(C)n1. The van der Waals surface area contributed by atoms with Gasteiger partial charge < -0.3 is 10.1 Å². The van der Waals surface area contributed by atoms with E-state index < -0.39 is 0 Å². The zero-order chi connectivity index (χ0) is 13.8. The molecule has 1 heterocycles. The van der Waals surface area contributed by atoms with Crippen molar-refractivity contribution in [3.8, 4) is 17.0 Å². The number of anilines is 1. The molecule has 100 valence electrons.